The van der Waals surface area contributed by atoms with Crippen molar-refractivity contribution in [1.29, 1.82) is 0 Å². The van der Waals surface area contributed by atoms with Crippen LogP contribution in [0.3, 0.4) is 0 Å². The molecule has 0 saturated heterocycles. The molecular weight excluding hydrogens is 354 g/mol. The van der Waals surface area contributed by atoms with Gasteiger partial charge < -0.3 is 19.0 Å². The Labute approximate surface area is 163 Å². The molecule has 0 aliphatic heterocycles. The fourth-order valence-corrected chi connectivity index (χ4v) is 3.52. The lowest BCUT2D eigenvalue weighted by Crippen LogP contribution is -1.92. The number of oxazole rings is 1. The van der Waals surface area contributed by atoms with Crippen LogP contribution in [0, 0.1) is 13.8 Å². The largest absolute Gasteiger partial charge is 0.504 e. The topological polar surface area (TPSA) is 64.7 Å². The maximum atomic E-state index is 10.4. The molecule has 0 bridgehead atoms. The van der Waals surface area contributed by atoms with Gasteiger partial charge in [0.2, 0.25) is 5.89 Å². The number of hydrogen-bond donors (Lipinski definition) is 1. The van der Waals surface area contributed by atoms with Gasteiger partial charge in [0.1, 0.15) is 11.3 Å². The van der Waals surface area contributed by atoms with E-state index in [-0.39, 0.29) is 5.75 Å². The third-order valence-corrected chi connectivity index (χ3v) is 4.84. The number of phenolic OH excluding ortho intramolecular Hbond substituents is 1. The first-order chi connectivity index (χ1) is 13.5. The van der Waals surface area contributed by atoms with Crippen molar-refractivity contribution in [2.75, 3.05) is 14.2 Å². The zero-order chi connectivity index (χ0) is 19.8. The quantitative estimate of drug-likeness (QED) is 0.510. The predicted octanol–water partition coefficient (Wildman–Crippen LogP) is 5.50. The van der Waals surface area contributed by atoms with Crippen molar-refractivity contribution in [2.24, 2.45) is 0 Å². The lowest BCUT2D eigenvalue weighted by Gasteiger charge is -2.11. The van der Waals surface area contributed by atoms with Crippen LogP contribution in [0.2, 0.25) is 0 Å². The number of rotatable bonds is 4. The van der Waals surface area contributed by atoms with Gasteiger partial charge in [-0.25, -0.2) is 4.98 Å². The van der Waals surface area contributed by atoms with Gasteiger partial charge in [-0.2, -0.15) is 0 Å². The molecule has 28 heavy (non-hydrogen) atoms. The lowest BCUT2D eigenvalue weighted by atomic mass is 9.99. The fraction of sp³-hybridized carbons (Fsp3) is 0.174. The number of para-hydroxylation sites is 1. The van der Waals surface area contributed by atoms with Crippen molar-refractivity contribution >= 4 is 11.1 Å². The second-order valence-electron chi connectivity index (χ2n) is 6.70. The molecule has 0 spiro atoms. The van der Waals surface area contributed by atoms with Crippen LogP contribution < -0.4 is 9.47 Å². The SMILES string of the molecule is COc1cccc(-c2nc3ccc(-c4cc(C)c(OC)c(C)c4)cc3o2)c1O. The van der Waals surface area contributed by atoms with Crippen LogP contribution in [-0.2, 0) is 0 Å². The summed E-state index contributed by atoms with van der Waals surface area (Å²) in [6.45, 7) is 4.07. The molecule has 0 atom stereocenters. The zero-order valence-corrected chi connectivity index (χ0v) is 16.2. The Bertz CT molecular complexity index is 1150. The predicted molar refractivity (Wildman–Crippen MR) is 109 cm³/mol. The fourth-order valence-electron chi connectivity index (χ4n) is 3.52. The van der Waals surface area contributed by atoms with Crippen LogP contribution in [0.5, 0.6) is 17.2 Å². The van der Waals surface area contributed by atoms with Gasteiger partial charge in [-0.3, -0.25) is 0 Å². The zero-order valence-electron chi connectivity index (χ0n) is 16.2. The summed E-state index contributed by atoms with van der Waals surface area (Å²) in [4.78, 5) is 4.51. The smallest absolute Gasteiger partial charge is 0.231 e. The molecule has 3 aromatic carbocycles. The highest BCUT2D eigenvalue weighted by molar-refractivity contribution is 5.83. The van der Waals surface area contributed by atoms with Gasteiger partial charge in [0.15, 0.2) is 17.1 Å². The van der Waals surface area contributed by atoms with Gasteiger partial charge in [0.05, 0.1) is 19.8 Å². The molecule has 4 rings (SSSR count). The Morgan fingerprint density at radius 2 is 1.64 bits per heavy atom. The minimum absolute atomic E-state index is 0.0122. The normalized spacial score (nSPS) is 11.0. The molecule has 0 radical (unpaired) electrons. The Balaban J connectivity index is 1.80. The van der Waals surface area contributed by atoms with Gasteiger partial charge in [-0.15, -0.1) is 0 Å². The van der Waals surface area contributed by atoms with E-state index >= 15 is 0 Å². The first-order valence-electron chi connectivity index (χ1n) is 8.94. The summed E-state index contributed by atoms with van der Waals surface area (Å²) in [5.74, 6) is 1.65. The molecule has 1 N–H and O–H groups in total. The van der Waals surface area contributed by atoms with E-state index in [1.807, 2.05) is 32.0 Å². The van der Waals surface area contributed by atoms with Crippen molar-refractivity contribution in [3.05, 3.63) is 59.7 Å². The standard InChI is InChI=1S/C23H21NO4/c1-13-10-16(11-14(2)22(13)27-4)15-8-9-18-20(12-15)28-23(24-18)17-6-5-7-19(26-3)21(17)25/h5-12,25H,1-4H3. The third kappa shape index (κ3) is 2.95. The second-order valence-corrected chi connectivity index (χ2v) is 6.70. The molecule has 1 aromatic heterocycles. The summed E-state index contributed by atoms with van der Waals surface area (Å²) in [6, 6.07) is 15.3. The molecule has 0 unspecified atom stereocenters. The van der Waals surface area contributed by atoms with Crippen molar-refractivity contribution in [2.45, 2.75) is 13.8 Å². The van der Waals surface area contributed by atoms with E-state index in [0.717, 1.165) is 33.5 Å². The summed E-state index contributed by atoms with van der Waals surface area (Å²) in [5, 5.41) is 10.4. The summed E-state index contributed by atoms with van der Waals surface area (Å²) in [7, 11) is 3.20. The maximum Gasteiger partial charge on any atom is 0.231 e. The lowest BCUT2D eigenvalue weighted by molar-refractivity contribution is 0.373. The molecule has 1 heterocycles. The molecule has 0 aliphatic carbocycles. The van der Waals surface area contributed by atoms with E-state index in [1.54, 1.807) is 25.3 Å². The number of ether oxygens (including phenoxy) is 2. The van der Waals surface area contributed by atoms with Crippen LogP contribution in [0.1, 0.15) is 11.1 Å². The summed E-state index contributed by atoms with van der Waals surface area (Å²) < 4.78 is 16.6. The third-order valence-electron chi connectivity index (χ3n) is 4.84. The monoisotopic (exact) mass is 375 g/mol. The molecule has 5 heteroatoms. The second kappa shape index (κ2) is 6.93. The highest BCUT2D eigenvalue weighted by Gasteiger charge is 2.16. The van der Waals surface area contributed by atoms with Crippen LogP contribution in [0.4, 0.5) is 0 Å². The van der Waals surface area contributed by atoms with E-state index in [0.29, 0.717) is 22.8 Å². The molecule has 0 amide bonds. The van der Waals surface area contributed by atoms with E-state index in [4.69, 9.17) is 13.9 Å². The minimum Gasteiger partial charge on any atom is -0.504 e. The molecule has 4 aromatic rings. The average Bonchev–Trinajstić information content (AvgIpc) is 3.11. The van der Waals surface area contributed by atoms with Gasteiger partial charge in [-0.05, 0) is 72.5 Å². The average molecular weight is 375 g/mol. The molecule has 5 nitrogen and oxygen atoms in total. The molecule has 0 aliphatic rings. The van der Waals surface area contributed by atoms with E-state index in [2.05, 4.69) is 17.1 Å². The molecule has 0 saturated carbocycles. The summed E-state index contributed by atoms with van der Waals surface area (Å²) >= 11 is 0. The molecule has 142 valence electrons. The van der Waals surface area contributed by atoms with Crippen LogP contribution in [-0.4, -0.2) is 24.3 Å². The number of benzene rings is 3. The first kappa shape index (κ1) is 17.9. The summed E-state index contributed by atoms with van der Waals surface area (Å²) in [6.07, 6.45) is 0. The Morgan fingerprint density at radius 3 is 2.32 bits per heavy atom. The number of aryl methyl sites for hydroxylation is 2. The van der Waals surface area contributed by atoms with Crippen LogP contribution in [0.15, 0.2) is 52.9 Å². The molecule has 0 fully saturated rings. The van der Waals surface area contributed by atoms with Gasteiger partial charge in [0, 0.05) is 0 Å². The first-order valence-corrected chi connectivity index (χ1v) is 8.94. The van der Waals surface area contributed by atoms with Crippen molar-refractivity contribution in [3.63, 3.8) is 0 Å². The number of phenols is 1. The minimum atomic E-state index is 0.0122. The van der Waals surface area contributed by atoms with Gasteiger partial charge in [-0.1, -0.05) is 12.1 Å². The Hall–Kier alpha value is -3.47. The van der Waals surface area contributed by atoms with E-state index in [1.165, 1.54) is 7.11 Å². The van der Waals surface area contributed by atoms with Gasteiger partial charge in [0.25, 0.3) is 0 Å². The highest BCUT2D eigenvalue weighted by atomic mass is 16.5. The number of aromatic hydroxyl groups is 1. The maximum absolute atomic E-state index is 10.4. The number of methoxy groups -OCH3 is 2. The van der Waals surface area contributed by atoms with Crippen LogP contribution >= 0.6 is 0 Å². The number of aromatic nitrogens is 1. The molecular formula is C23H21NO4. The van der Waals surface area contributed by atoms with E-state index < -0.39 is 0 Å². The van der Waals surface area contributed by atoms with Crippen molar-refractivity contribution in [3.8, 4) is 39.8 Å². The summed E-state index contributed by atoms with van der Waals surface area (Å²) in [5.41, 5.74) is 6.14. The van der Waals surface area contributed by atoms with Crippen molar-refractivity contribution in [1.82, 2.24) is 4.98 Å². The highest BCUT2D eigenvalue weighted by Crippen LogP contribution is 2.38. The van der Waals surface area contributed by atoms with Gasteiger partial charge >= 0.3 is 0 Å². The van der Waals surface area contributed by atoms with E-state index in [9.17, 15) is 5.11 Å². The number of hydrogen-bond acceptors (Lipinski definition) is 5. The Morgan fingerprint density at radius 1 is 0.893 bits per heavy atom. The Kier molecular flexibility index (Phi) is 4.43. The number of nitrogens with zero attached hydrogens (tertiary/aromatic N) is 1. The number of fused-ring (bicyclic) bond motifs is 1. The van der Waals surface area contributed by atoms with Crippen LogP contribution in [0.25, 0.3) is 33.7 Å². The van der Waals surface area contributed by atoms with Crippen molar-refractivity contribution < 1.29 is 19.0 Å².